The lowest BCUT2D eigenvalue weighted by Crippen LogP contribution is -2.09. The SMILES string of the molecule is Cc1cc(C)n2c(CNc3nc(/C=C/c4ccccc4)nc4sc5c(c34)CCCC5)nnc2n1. The quantitative estimate of drug-likeness (QED) is 0.372. The molecular weight excluding hydrogens is 442 g/mol. The van der Waals surface area contributed by atoms with Gasteiger partial charge in [0.2, 0.25) is 0 Å². The molecule has 4 aromatic heterocycles. The van der Waals surface area contributed by atoms with E-state index in [1.54, 1.807) is 0 Å². The molecule has 7 nitrogen and oxygen atoms in total. The van der Waals surface area contributed by atoms with Gasteiger partial charge in [-0.3, -0.25) is 4.40 Å². The zero-order chi connectivity index (χ0) is 23.1. The molecule has 8 heteroatoms. The van der Waals surface area contributed by atoms with Gasteiger partial charge in [0.05, 0.1) is 11.9 Å². The topological polar surface area (TPSA) is 80.9 Å². The Hall–Kier alpha value is -3.65. The van der Waals surface area contributed by atoms with Crippen LogP contribution in [0.5, 0.6) is 0 Å². The van der Waals surface area contributed by atoms with Crippen LogP contribution in [-0.2, 0) is 19.4 Å². The van der Waals surface area contributed by atoms with Crippen molar-refractivity contribution in [3.63, 3.8) is 0 Å². The van der Waals surface area contributed by atoms with Crippen LogP contribution in [0.3, 0.4) is 0 Å². The van der Waals surface area contributed by atoms with Crippen LogP contribution < -0.4 is 5.32 Å². The fourth-order valence-corrected chi connectivity index (χ4v) is 5.95. The molecule has 1 N–H and O–H groups in total. The molecule has 1 aliphatic rings. The maximum atomic E-state index is 4.94. The summed E-state index contributed by atoms with van der Waals surface area (Å²) in [7, 11) is 0. The molecule has 0 radical (unpaired) electrons. The van der Waals surface area contributed by atoms with Gasteiger partial charge in [0.1, 0.15) is 10.6 Å². The summed E-state index contributed by atoms with van der Waals surface area (Å²) in [6.45, 7) is 4.53. The molecule has 34 heavy (non-hydrogen) atoms. The average molecular weight is 468 g/mol. The highest BCUT2D eigenvalue weighted by atomic mass is 32.1. The number of rotatable bonds is 5. The van der Waals surface area contributed by atoms with Crippen LogP contribution in [0, 0.1) is 13.8 Å². The molecule has 0 amide bonds. The van der Waals surface area contributed by atoms with Crippen molar-refractivity contribution in [2.75, 3.05) is 5.32 Å². The number of hydrogen-bond donors (Lipinski definition) is 1. The smallest absolute Gasteiger partial charge is 0.255 e. The molecule has 170 valence electrons. The third-order valence-electron chi connectivity index (χ3n) is 6.23. The van der Waals surface area contributed by atoms with Crippen molar-refractivity contribution >= 4 is 45.3 Å². The largest absolute Gasteiger partial charge is 0.362 e. The van der Waals surface area contributed by atoms with Gasteiger partial charge in [-0.2, -0.15) is 0 Å². The Morgan fingerprint density at radius 2 is 1.85 bits per heavy atom. The summed E-state index contributed by atoms with van der Waals surface area (Å²) < 4.78 is 2.00. The van der Waals surface area contributed by atoms with Gasteiger partial charge in [0.25, 0.3) is 5.78 Å². The lowest BCUT2D eigenvalue weighted by Gasteiger charge is -2.13. The third kappa shape index (κ3) is 3.84. The number of fused-ring (bicyclic) bond motifs is 4. The maximum absolute atomic E-state index is 4.94. The van der Waals surface area contributed by atoms with Crippen LogP contribution in [0.25, 0.3) is 28.1 Å². The van der Waals surface area contributed by atoms with E-state index < -0.39 is 0 Å². The summed E-state index contributed by atoms with van der Waals surface area (Å²) in [5, 5.41) is 13.4. The van der Waals surface area contributed by atoms with E-state index in [0.29, 0.717) is 18.1 Å². The number of benzene rings is 1. The minimum atomic E-state index is 0.505. The van der Waals surface area contributed by atoms with E-state index >= 15 is 0 Å². The first-order valence-electron chi connectivity index (χ1n) is 11.6. The molecule has 0 fully saturated rings. The van der Waals surface area contributed by atoms with Crippen molar-refractivity contribution in [1.82, 2.24) is 29.5 Å². The first-order chi connectivity index (χ1) is 16.7. The summed E-state index contributed by atoms with van der Waals surface area (Å²) in [5.74, 6) is 3.02. The molecule has 1 aliphatic carbocycles. The van der Waals surface area contributed by atoms with Gasteiger partial charge in [0, 0.05) is 16.3 Å². The van der Waals surface area contributed by atoms with Crippen molar-refractivity contribution in [2.24, 2.45) is 0 Å². The number of thiophene rings is 1. The highest BCUT2D eigenvalue weighted by Crippen LogP contribution is 2.38. The van der Waals surface area contributed by atoms with E-state index in [-0.39, 0.29) is 0 Å². The predicted molar refractivity (Wildman–Crippen MR) is 137 cm³/mol. The van der Waals surface area contributed by atoms with Crippen molar-refractivity contribution < 1.29 is 0 Å². The molecule has 0 atom stereocenters. The van der Waals surface area contributed by atoms with Gasteiger partial charge in [-0.25, -0.2) is 15.0 Å². The summed E-state index contributed by atoms with van der Waals surface area (Å²) in [4.78, 5) is 16.9. The molecule has 0 spiro atoms. The van der Waals surface area contributed by atoms with Crippen LogP contribution in [0.1, 0.15) is 51.9 Å². The standard InChI is InChI=1S/C26H25N7S/c1-16-14-17(2)33-22(31-32-26(33)28-16)15-27-24-23-19-10-6-7-11-20(19)34-25(23)30-21(29-24)13-12-18-8-4-3-5-9-18/h3-5,8-9,12-14H,6-7,10-11,15H2,1-2H3,(H,27,29,30)/b13-12+. The highest BCUT2D eigenvalue weighted by molar-refractivity contribution is 7.19. The number of anilines is 1. The number of aromatic nitrogens is 6. The van der Waals surface area contributed by atoms with Crippen LogP contribution in [0.4, 0.5) is 5.82 Å². The summed E-state index contributed by atoms with van der Waals surface area (Å²) >= 11 is 1.81. The molecule has 0 saturated carbocycles. The van der Waals surface area contributed by atoms with Gasteiger partial charge in [-0.1, -0.05) is 36.4 Å². The Morgan fingerprint density at radius 1 is 1.00 bits per heavy atom. The van der Waals surface area contributed by atoms with Crippen LogP contribution in [-0.4, -0.2) is 29.5 Å². The van der Waals surface area contributed by atoms with Crippen LogP contribution in [0.2, 0.25) is 0 Å². The molecule has 0 unspecified atom stereocenters. The normalized spacial score (nSPS) is 13.7. The van der Waals surface area contributed by atoms with E-state index in [9.17, 15) is 0 Å². The molecular formula is C26H25N7S. The zero-order valence-electron chi connectivity index (χ0n) is 19.2. The molecule has 0 aliphatic heterocycles. The Balaban J connectivity index is 1.40. The Kier molecular flexibility index (Phi) is 5.30. The Bertz CT molecular complexity index is 1530. The highest BCUT2D eigenvalue weighted by Gasteiger charge is 2.21. The second-order valence-electron chi connectivity index (χ2n) is 8.71. The van der Waals surface area contributed by atoms with Gasteiger partial charge < -0.3 is 5.32 Å². The first-order valence-corrected chi connectivity index (χ1v) is 12.4. The van der Waals surface area contributed by atoms with Crippen molar-refractivity contribution in [2.45, 2.75) is 46.1 Å². The van der Waals surface area contributed by atoms with Gasteiger partial charge in [-0.15, -0.1) is 21.5 Å². The van der Waals surface area contributed by atoms with Crippen molar-refractivity contribution in [3.8, 4) is 0 Å². The van der Waals surface area contributed by atoms with Crippen molar-refractivity contribution in [3.05, 3.63) is 75.4 Å². The van der Waals surface area contributed by atoms with E-state index in [4.69, 9.17) is 9.97 Å². The maximum Gasteiger partial charge on any atom is 0.255 e. The minimum Gasteiger partial charge on any atom is -0.362 e. The number of hydrogen-bond acceptors (Lipinski definition) is 7. The second kappa shape index (κ2) is 8.61. The second-order valence-corrected chi connectivity index (χ2v) is 9.79. The first kappa shape index (κ1) is 20.9. The lowest BCUT2D eigenvalue weighted by molar-refractivity contribution is 0.700. The van der Waals surface area contributed by atoms with Crippen molar-refractivity contribution in [1.29, 1.82) is 0 Å². The Morgan fingerprint density at radius 3 is 2.74 bits per heavy atom. The molecule has 0 saturated heterocycles. The summed E-state index contributed by atoms with van der Waals surface area (Å²) in [6.07, 6.45) is 8.72. The Labute approximate surface area is 201 Å². The minimum absolute atomic E-state index is 0.505. The number of aryl methyl sites for hydroxylation is 4. The predicted octanol–water partition coefficient (Wildman–Crippen LogP) is 5.41. The summed E-state index contributed by atoms with van der Waals surface area (Å²) in [5.41, 5.74) is 4.54. The van der Waals surface area contributed by atoms with Gasteiger partial charge >= 0.3 is 0 Å². The molecule has 1 aromatic carbocycles. The fourth-order valence-electron chi connectivity index (χ4n) is 4.69. The van der Waals surface area contributed by atoms with E-state index in [1.165, 1.54) is 23.3 Å². The van der Waals surface area contributed by atoms with E-state index in [1.807, 2.05) is 53.0 Å². The van der Waals surface area contributed by atoms with E-state index in [0.717, 1.165) is 51.7 Å². The monoisotopic (exact) mass is 467 g/mol. The average Bonchev–Trinajstić information content (AvgIpc) is 3.43. The third-order valence-corrected chi connectivity index (χ3v) is 7.42. The summed E-state index contributed by atoms with van der Waals surface area (Å²) in [6, 6.07) is 12.3. The number of nitrogens with zero attached hydrogens (tertiary/aromatic N) is 6. The zero-order valence-corrected chi connectivity index (χ0v) is 20.1. The van der Waals surface area contributed by atoms with E-state index in [2.05, 4.69) is 45.6 Å². The molecule has 4 heterocycles. The molecule has 6 rings (SSSR count). The van der Waals surface area contributed by atoms with Gasteiger partial charge in [0.15, 0.2) is 11.6 Å². The fraction of sp³-hybridized carbons (Fsp3) is 0.269. The van der Waals surface area contributed by atoms with Gasteiger partial charge in [-0.05, 0) is 62.8 Å². The number of nitrogens with one attached hydrogen (secondary N) is 1. The molecule has 5 aromatic rings. The lowest BCUT2D eigenvalue weighted by atomic mass is 9.97. The van der Waals surface area contributed by atoms with Crippen LogP contribution in [0.15, 0.2) is 36.4 Å². The van der Waals surface area contributed by atoms with Crippen LogP contribution >= 0.6 is 11.3 Å². The molecule has 0 bridgehead atoms.